The molecule has 0 bridgehead atoms. The van der Waals surface area contributed by atoms with Gasteiger partial charge >= 0.3 is 0 Å². The second-order valence-corrected chi connectivity index (χ2v) is 9.61. The van der Waals surface area contributed by atoms with Crippen LogP contribution >= 0.6 is 0 Å². The minimum Gasteiger partial charge on any atom is -0.382 e. The number of amides is 1. The molecule has 1 aromatic carbocycles. The van der Waals surface area contributed by atoms with E-state index in [4.69, 9.17) is 11.5 Å². The number of nitrogen functional groups attached to an aromatic ring is 1. The highest BCUT2D eigenvalue weighted by atomic mass is 19.1. The number of benzene rings is 1. The van der Waals surface area contributed by atoms with Gasteiger partial charge in [-0.1, -0.05) is 12.1 Å². The van der Waals surface area contributed by atoms with Crippen molar-refractivity contribution >= 4 is 23.4 Å². The number of carbonyl (C=O) groups excluding carboxylic acids is 1. The fourth-order valence-corrected chi connectivity index (χ4v) is 5.83. The van der Waals surface area contributed by atoms with Crippen molar-refractivity contribution in [2.24, 2.45) is 11.1 Å². The van der Waals surface area contributed by atoms with Crippen LogP contribution in [0.5, 0.6) is 0 Å². The SMILES string of the molecule is Nc1nc(N2CCC3(CC2)Cc2c(F)cccc2C3N)c(F)nc1C(=O)N1CCCn2nccc21. The van der Waals surface area contributed by atoms with E-state index < -0.39 is 11.9 Å². The van der Waals surface area contributed by atoms with Crippen molar-refractivity contribution in [3.63, 3.8) is 0 Å². The summed E-state index contributed by atoms with van der Waals surface area (Å²) in [5.41, 5.74) is 13.7. The van der Waals surface area contributed by atoms with E-state index in [1.807, 2.05) is 6.07 Å². The van der Waals surface area contributed by atoms with Crippen LogP contribution in [0, 0.1) is 17.2 Å². The van der Waals surface area contributed by atoms with E-state index in [1.165, 1.54) is 11.0 Å². The van der Waals surface area contributed by atoms with Gasteiger partial charge in [0.2, 0.25) is 0 Å². The van der Waals surface area contributed by atoms with E-state index in [0.29, 0.717) is 56.8 Å². The Hall–Kier alpha value is -3.60. The normalized spacial score (nSPS) is 20.7. The lowest BCUT2D eigenvalue weighted by Gasteiger charge is -2.42. The summed E-state index contributed by atoms with van der Waals surface area (Å²) >= 11 is 0. The lowest BCUT2D eigenvalue weighted by molar-refractivity contribution is 0.0976. The highest BCUT2D eigenvalue weighted by molar-refractivity contribution is 6.07. The van der Waals surface area contributed by atoms with Crippen molar-refractivity contribution in [1.29, 1.82) is 0 Å². The first-order valence-electron chi connectivity index (χ1n) is 11.8. The number of fused-ring (bicyclic) bond motifs is 2. The Balaban J connectivity index is 1.21. The fraction of sp³-hybridized carbons (Fsp3) is 0.417. The molecule has 1 amide bonds. The third kappa shape index (κ3) is 3.36. The predicted octanol–water partition coefficient (Wildman–Crippen LogP) is 2.43. The summed E-state index contributed by atoms with van der Waals surface area (Å²) in [4.78, 5) is 24.6. The Morgan fingerprint density at radius 2 is 1.89 bits per heavy atom. The number of halogens is 2. The number of rotatable bonds is 2. The third-order valence-electron chi connectivity index (χ3n) is 7.77. The van der Waals surface area contributed by atoms with Crippen LogP contribution in [0.3, 0.4) is 0 Å². The van der Waals surface area contributed by atoms with Crippen molar-refractivity contribution in [2.75, 3.05) is 35.2 Å². The molecule has 1 fully saturated rings. The molecule has 1 saturated heterocycles. The molecule has 0 saturated carbocycles. The first kappa shape index (κ1) is 21.9. The predicted molar refractivity (Wildman–Crippen MR) is 126 cm³/mol. The van der Waals surface area contributed by atoms with Crippen molar-refractivity contribution in [1.82, 2.24) is 19.7 Å². The molecule has 35 heavy (non-hydrogen) atoms. The van der Waals surface area contributed by atoms with Crippen LogP contribution < -0.4 is 21.3 Å². The topological polar surface area (TPSA) is 119 Å². The van der Waals surface area contributed by atoms with Crippen LogP contribution in [0.15, 0.2) is 30.5 Å². The van der Waals surface area contributed by atoms with E-state index >= 15 is 4.39 Å². The van der Waals surface area contributed by atoms with Gasteiger partial charge in [-0.25, -0.2) is 19.0 Å². The zero-order chi connectivity index (χ0) is 24.3. The summed E-state index contributed by atoms with van der Waals surface area (Å²) < 4.78 is 31.2. The number of nitrogens with zero attached hydrogens (tertiary/aromatic N) is 6. The Morgan fingerprint density at radius 1 is 1.09 bits per heavy atom. The van der Waals surface area contributed by atoms with Gasteiger partial charge in [0, 0.05) is 38.3 Å². The second-order valence-electron chi connectivity index (χ2n) is 9.61. The lowest BCUT2D eigenvalue weighted by Crippen LogP contribution is -2.45. The van der Waals surface area contributed by atoms with Gasteiger partial charge < -0.3 is 16.4 Å². The van der Waals surface area contributed by atoms with Crippen LogP contribution in [0.2, 0.25) is 0 Å². The number of nitrogens with two attached hydrogens (primary N) is 2. The highest BCUT2D eigenvalue weighted by Gasteiger charge is 2.47. The van der Waals surface area contributed by atoms with E-state index in [1.54, 1.807) is 27.9 Å². The summed E-state index contributed by atoms with van der Waals surface area (Å²) in [5.74, 6) is -1.04. The van der Waals surface area contributed by atoms with Crippen molar-refractivity contribution in [3.8, 4) is 0 Å². The van der Waals surface area contributed by atoms with Gasteiger partial charge in [-0.3, -0.25) is 9.69 Å². The first-order valence-corrected chi connectivity index (χ1v) is 11.8. The maximum atomic E-state index is 15.2. The number of aryl methyl sites for hydroxylation is 1. The fourth-order valence-electron chi connectivity index (χ4n) is 5.83. The standard InChI is InChI=1S/C24H26F2N8O/c25-16-4-1-3-14-15(16)13-24(19(14)27)6-11-32(12-7-24)22-20(26)30-18(21(28)31-22)23(35)33-9-2-10-34-17(33)5-8-29-34/h1,3-5,8,19H,2,6-7,9-13,27H2,(H2,28,31). The van der Waals surface area contributed by atoms with E-state index in [0.717, 1.165) is 12.0 Å². The van der Waals surface area contributed by atoms with Crippen LogP contribution in [0.1, 0.15) is 46.9 Å². The summed E-state index contributed by atoms with van der Waals surface area (Å²) in [6.45, 7) is 2.13. The van der Waals surface area contributed by atoms with Gasteiger partial charge in [0.15, 0.2) is 17.3 Å². The molecule has 1 aliphatic carbocycles. The zero-order valence-electron chi connectivity index (χ0n) is 19.1. The average molecular weight is 481 g/mol. The second kappa shape index (κ2) is 7.98. The van der Waals surface area contributed by atoms with Crippen LogP contribution in [0.25, 0.3) is 0 Å². The van der Waals surface area contributed by atoms with Crippen molar-refractivity contribution in [2.45, 2.75) is 38.3 Å². The smallest absolute Gasteiger partial charge is 0.281 e. The van der Waals surface area contributed by atoms with Gasteiger partial charge in [0.05, 0.1) is 6.20 Å². The summed E-state index contributed by atoms with van der Waals surface area (Å²) in [6.07, 6.45) is 4.22. The van der Waals surface area contributed by atoms with Gasteiger partial charge in [-0.05, 0) is 48.3 Å². The zero-order valence-corrected chi connectivity index (χ0v) is 19.1. The van der Waals surface area contributed by atoms with E-state index in [9.17, 15) is 9.18 Å². The molecule has 4 heterocycles. The molecule has 4 N–H and O–H groups in total. The van der Waals surface area contributed by atoms with Gasteiger partial charge in [-0.15, -0.1) is 0 Å². The monoisotopic (exact) mass is 480 g/mol. The molecular weight excluding hydrogens is 454 g/mol. The first-order chi connectivity index (χ1) is 16.9. The van der Waals surface area contributed by atoms with Crippen LogP contribution in [-0.4, -0.2) is 45.3 Å². The van der Waals surface area contributed by atoms with Crippen molar-refractivity contribution < 1.29 is 13.6 Å². The number of hydrogen-bond acceptors (Lipinski definition) is 7. The molecule has 3 aromatic rings. The molecule has 2 aromatic heterocycles. The van der Waals surface area contributed by atoms with Crippen molar-refractivity contribution in [3.05, 3.63) is 59.0 Å². The molecule has 1 atom stereocenters. The number of aromatic nitrogens is 4. The Morgan fingerprint density at radius 3 is 2.66 bits per heavy atom. The van der Waals surface area contributed by atoms with Gasteiger partial charge in [-0.2, -0.15) is 9.49 Å². The molecule has 6 rings (SSSR count). The molecule has 182 valence electrons. The number of hydrogen-bond donors (Lipinski definition) is 2. The molecular formula is C24H26F2N8O. The lowest BCUT2D eigenvalue weighted by atomic mass is 9.73. The molecule has 11 heteroatoms. The van der Waals surface area contributed by atoms with Crippen LogP contribution in [-0.2, 0) is 13.0 Å². The Kier molecular flexibility index (Phi) is 4.99. The van der Waals surface area contributed by atoms with Crippen LogP contribution in [0.4, 0.5) is 26.2 Å². The van der Waals surface area contributed by atoms with E-state index in [2.05, 4.69) is 15.1 Å². The number of carbonyl (C=O) groups is 1. The molecule has 1 spiro atoms. The van der Waals surface area contributed by atoms with Gasteiger partial charge in [0.1, 0.15) is 11.6 Å². The highest BCUT2D eigenvalue weighted by Crippen LogP contribution is 2.51. The Labute approximate surface area is 200 Å². The molecule has 3 aliphatic rings. The average Bonchev–Trinajstić information content (AvgIpc) is 3.45. The minimum absolute atomic E-state index is 0.0212. The number of piperidine rings is 1. The van der Waals surface area contributed by atoms with E-state index in [-0.39, 0.29) is 34.6 Å². The molecule has 9 nitrogen and oxygen atoms in total. The summed E-state index contributed by atoms with van der Waals surface area (Å²) in [7, 11) is 0. The quantitative estimate of drug-likeness (QED) is 0.578. The van der Waals surface area contributed by atoms with Gasteiger partial charge in [0.25, 0.3) is 11.9 Å². The molecule has 1 unspecified atom stereocenters. The summed E-state index contributed by atoms with van der Waals surface area (Å²) in [5, 5.41) is 4.20. The maximum Gasteiger partial charge on any atom is 0.281 e. The minimum atomic E-state index is -0.839. The molecule has 2 aliphatic heterocycles. The number of anilines is 3. The molecule has 0 radical (unpaired) electrons. The maximum absolute atomic E-state index is 15.2. The Bertz CT molecular complexity index is 1320. The summed E-state index contributed by atoms with van der Waals surface area (Å²) in [6, 6.07) is 6.51. The largest absolute Gasteiger partial charge is 0.382 e. The third-order valence-corrected chi connectivity index (χ3v) is 7.77.